The van der Waals surface area contributed by atoms with Crippen molar-refractivity contribution < 1.29 is 68.4 Å². The number of thioether (sulfide) groups is 2. The number of rotatable bonds is 7. The Hall–Kier alpha value is -2.01. The number of hydrogen-bond donors (Lipinski definition) is 3. The molecule has 11 nitrogen and oxygen atoms in total. The first kappa shape index (κ1) is 29.0. The standard InChI is InChI=1S/C21H21F3N6O5S2.Na.H/c1-29-19(21(22,23)24)27-28-20(29)37-7-11(31)26-13-16(33)30-14(18(34)35)10(6-36-17(13)30)12(8-2-3-8)9-4-5-25-15(9)32;;/h8,13,17H,2-7H2,1H3,(H,25,32)(H,26,31)(H,34,35);;/q;+1;-1/t13-,17-;;/m1../s1. The minimum absolute atomic E-state index is 0. The van der Waals surface area contributed by atoms with Crippen LogP contribution in [-0.4, -0.2) is 77.9 Å². The van der Waals surface area contributed by atoms with Crippen molar-refractivity contribution in [2.24, 2.45) is 13.0 Å². The van der Waals surface area contributed by atoms with Gasteiger partial charge < -0.3 is 21.7 Å². The number of aliphatic carboxylic acids is 1. The van der Waals surface area contributed by atoms with Gasteiger partial charge in [-0.3, -0.25) is 19.3 Å². The van der Waals surface area contributed by atoms with Crippen LogP contribution in [0.3, 0.4) is 0 Å². The second kappa shape index (κ2) is 10.9. The molecule has 3 aliphatic heterocycles. The van der Waals surface area contributed by atoms with Gasteiger partial charge in [0.05, 0.1) is 5.75 Å². The van der Waals surface area contributed by atoms with E-state index in [0.717, 1.165) is 46.7 Å². The zero-order chi connectivity index (χ0) is 26.6. The predicted octanol–water partition coefficient (Wildman–Crippen LogP) is -1.99. The molecule has 0 spiro atoms. The van der Waals surface area contributed by atoms with Crippen LogP contribution in [0.5, 0.6) is 0 Å². The van der Waals surface area contributed by atoms with E-state index in [1.807, 2.05) is 0 Å². The van der Waals surface area contributed by atoms with E-state index < -0.39 is 41.2 Å². The Morgan fingerprint density at radius 2 is 2.00 bits per heavy atom. The number of aromatic nitrogens is 3. The van der Waals surface area contributed by atoms with Crippen LogP contribution in [0, 0.1) is 5.92 Å². The molecule has 0 unspecified atom stereocenters. The fourth-order valence-electron chi connectivity index (χ4n) is 4.68. The number of halogens is 3. The number of carbonyl (C=O) groups excluding carboxylic acids is 3. The summed E-state index contributed by atoms with van der Waals surface area (Å²) in [5.41, 5.74) is 1.60. The topological polar surface area (TPSA) is 147 Å². The Morgan fingerprint density at radius 3 is 2.55 bits per heavy atom. The fourth-order valence-corrected chi connectivity index (χ4v) is 6.77. The summed E-state index contributed by atoms with van der Waals surface area (Å²) in [7, 11) is 1.13. The Morgan fingerprint density at radius 1 is 1.29 bits per heavy atom. The van der Waals surface area contributed by atoms with Gasteiger partial charge in [0.1, 0.15) is 17.1 Å². The molecule has 3 amide bonds. The number of alkyl halides is 3. The zero-order valence-corrected chi connectivity index (χ0v) is 23.9. The quantitative estimate of drug-likeness (QED) is 0.144. The molecule has 17 heteroatoms. The van der Waals surface area contributed by atoms with Gasteiger partial charge in [0.15, 0.2) is 5.16 Å². The first-order valence-corrected chi connectivity index (χ1v) is 13.3. The Labute approximate surface area is 246 Å². The van der Waals surface area contributed by atoms with Gasteiger partial charge in [-0.05, 0) is 36.3 Å². The Kier molecular flexibility index (Phi) is 8.29. The Balaban J connectivity index is 0.00000210. The molecule has 1 aromatic heterocycles. The van der Waals surface area contributed by atoms with E-state index in [2.05, 4.69) is 20.8 Å². The van der Waals surface area contributed by atoms with E-state index in [1.165, 1.54) is 11.8 Å². The molecule has 200 valence electrons. The average molecular weight is 583 g/mol. The molecular weight excluding hydrogens is 560 g/mol. The summed E-state index contributed by atoms with van der Waals surface area (Å²) in [5, 5.41) is 21.1. The maximum absolute atomic E-state index is 13.0. The van der Waals surface area contributed by atoms with E-state index in [1.54, 1.807) is 0 Å². The van der Waals surface area contributed by atoms with Gasteiger partial charge in [-0.15, -0.1) is 22.0 Å². The molecule has 4 heterocycles. The molecule has 38 heavy (non-hydrogen) atoms. The third kappa shape index (κ3) is 5.24. The van der Waals surface area contributed by atoms with Crippen molar-refractivity contribution in [3.05, 3.63) is 28.2 Å². The second-order valence-corrected chi connectivity index (χ2v) is 11.0. The summed E-state index contributed by atoms with van der Waals surface area (Å²) in [6.07, 6.45) is -2.50. The number of fused-ring (bicyclic) bond motifs is 1. The summed E-state index contributed by atoms with van der Waals surface area (Å²) in [6.45, 7) is 0.483. The van der Waals surface area contributed by atoms with E-state index >= 15 is 0 Å². The minimum Gasteiger partial charge on any atom is -1.00 e. The minimum atomic E-state index is -4.69. The average Bonchev–Trinajstić information content (AvgIpc) is 3.47. The van der Waals surface area contributed by atoms with Crippen LogP contribution >= 0.6 is 23.5 Å². The van der Waals surface area contributed by atoms with Crippen molar-refractivity contribution in [2.45, 2.75) is 42.0 Å². The van der Waals surface area contributed by atoms with Crippen LogP contribution in [0.25, 0.3) is 0 Å². The van der Waals surface area contributed by atoms with Crippen LogP contribution in [0.4, 0.5) is 13.2 Å². The summed E-state index contributed by atoms with van der Waals surface area (Å²) in [6, 6.07) is -0.981. The molecule has 1 aliphatic carbocycles. The van der Waals surface area contributed by atoms with Crippen LogP contribution < -0.4 is 40.2 Å². The van der Waals surface area contributed by atoms with Crippen molar-refractivity contribution in [3.8, 4) is 0 Å². The second-order valence-electron chi connectivity index (χ2n) is 8.91. The smallest absolute Gasteiger partial charge is 1.00 e. The van der Waals surface area contributed by atoms with Gasteiger partial charge in [-0.25, -0.2) is 4.79 Å². The van der Waals surface area contributed by atoms with Crippen molar-refractivity contribution in [1.82, 2.24) is 30.3 Å². The summed E-state index contributed by atoms with van der Waals surface area (Å²) >= 11 is 2.03. The molecule has 3 fully saturated rings. The molecule has 1 aromatic rings. The van der Waals surface area contributed by atoms with E-state index in [0.29, 0.717) is 24.1 Å². The molecule has 0 aromatic carbocycles. The van der Waals surface area contributed by atoms with Gasteiger partial charge in [-0.2, -0.15) is 13.2 Å². The maximum Gasteiger partial charge on any atom is 1.00 e. The van der Waals surface area contributed by atoms with Gasteiger partial charge >= 0.3 is 41.7 Å². The van der Waals surface area contributed by atoms with Crippen molar-refractivity contribution in [3.63, 3.8) is 0 Å². The maximum atomic E-state index is 13.0. The third-order valence-corrected chi connectivity index (χ3v) is 8.78. The first-order valence-electron chi connectivity index (χ1n) is 11.3. The van der Waals surface area contributed by atoms with E-state index in [9.17, 15) is 37.5 Å². The van der Waals surface area contributed by atoms with Crippen LogP contribution in [0.2, 0.25) is 0 Å². The number of allylic oxidation sites excluding steroid dienone is 1. The molecule has 2 atom stereocenters. The number of nitrogens with zero attached hydrogens (tertiary/aromatic N) is 4. The molecule has 3 N–H and O–H groups in total. The third-order valence-electron chi connectivity index (χ3n) is 6.48. The normalized spacial score (nSPS) is 24.4. The van der Waals surface area contributed by atoms with E-state index in [-0.39, 0.29) is 65.2 Å². The molecule has 0 bridgehead atoms. The molecule has 4 aliphatic rings. The Bertz CT molecular complexity index is 1290. The van der Waals surface area contributed by atoms with Gasteiger partial charge in [0, 0.05) is 24.9 Å². The van der Waals surface area contributed by atoms with Crippen LogP contribution in [0.1, 0.15) is 26.5 Å². The number of β-lactam (4-membered cyclic amide) rings is 1. The molecule has 1 saturated carbocycles. The molecule has 0 radical (unpaired) electrons. The molecule has 5 rings (SSSR count). The van der Waals surface area contributed by atoms with Crippen LogP contribution in [-0.2, 0) is 32.4 Å². The fraction of sp³-hybridized carbons (Fsp3) is 0.524. The van der Waals surface area contributed by atoms with Crippen LogP contribution in [0.15, 0.2) is 27.6 Å². The molecular formula is C21H22F3N6NaO5S2. The van der Waals surface area contributed by atoms with E-state index in [4.69, 9.17) is 0 Å². The summed E-state index contributed by atoms with van der Waals surface area (Å²) in [5.74, 6) is -3.87. The predicted molar refractivity (Wildman–Crippen MR) is 125 cm³/mol. The monoisotopic (exact) mass is 582 g/mol. The van der Waals surface area contributed by atoms with Gasteiger partial charge in [-0.1, -0.05) is 11.8 Å². The number of carbonyl (C=O) groups is 4. The zero-order valence-electron chi connectivity index (χ0n) is 21.3. The number of carboxylic acid groups (broad SMARTS) is 1. The van der Waals surface area contributed by atoms with Gasteiger partial charge in [0.25, 0.3) is 5.91 Å². The number of amides is 3. The number of nitrogens with one attached hydrogen (secondary N) is 2. The summed E-state index contributed by atoms with van der Waals surface area (Å²) < 4.78 is 39.4. The number of carboxylic acids is 1. The first-order chi connectivity index (χ1) is 17.5. The summed E-state index contributed by atoms with van der Waals surface area (Å²) in [4.78, 5) is 51.2. The van der Waals surface area contributed by atoms with Crippen molar-refractivity contribution in [2.75, 3.05) is 18.1 Å². The molecule has 2 saturated heterocycles. The number of hydrogen-bond acceptors (Lipinski definition) is 8. The van der Waals surface area contributed by atoms with Crippen molar-refractivity contribution >= 4 is 47.2 Å². The largest absolute Gasteiger partial charge is 1.00 e. The SMILES string of the molecule is Cn1c(SCC(=O)N[C@@H]2C(=O)N3C(C(=O)O)=C(C(=C4CCNC4=O)C4CC4)CS[C@H]23)nnc1C(F)(F)F.[H-].[Na+]. The van der Waals surface area contributed by atoms with Gasteiger partial charge in [0.2, 0.25) is 17.6 Å². The van der Waals surface area contributed by atoms with Crippen molar-refractivity contribution in [1.29, 1.82) is 0 Å².